The Morgan fingerprint density at radius 1 is 1.53 bits per heavy atom. The summed E-state index contributed by atoms with van der Waals surface area (Å²) in [5.74, 6) is 0. The summed E-state index contributed by atoms with van der Waals surface area (Å²) < 4.78 is 34.4. The number of hydrogen-bond donors (Lipinski definition) is 1. The molecule has 1 N–H and O–H groups in total. The summed E-state index contributed by atoms with van der Waals surface area (Å²) in [6.07, 6.45) is 6.11. The van der Waals surface area contributed by atoms with Crippen molar-refractivity contribution >= 4 is 10.1 Å². The van der Waals surface area contributed by atoms with Gasteiger partial charge in [0, 0.05) is 6.42 Å². The van der Waals surface area contributed by atoms with Crippen LogP contribution in [0.15, 0.2) is 18.7 Å². The molecule has 0 saturated carbocycles. The maximum absolute atomic E-state index is 11.1. The fraction of sp³-hybridized carbons (Fsp3) is 0.625. The Hall–Kier alpha value is -0.590. The van der Waals surface area contributed by atoms with E-state index in [1.807, 2.05) is 6.92 Å². The highest BCUT2D eigenvalue weighted by Gasteiger charge is 2.28. The van der Waals surface area contributed by atoms with Gasteiger partial charge in [-0.1, -0.05) is 13.3 Å². The summed E-state index contributed by atoms with van der Waals surface area (Å²) in [5, 5.41) is -0.867. The molecule has 0 radical (unpaired) electrons. The molecule has 0 saturated heterocycles. The first-order valence-corrected chi connectivity index (χ1v) is 5.94. The maximum atomic E-state index is 11.1. The van der Waals surface area contributed by atoms with E-state index < -0.39 is 15.5 Å². The van der Waals surface area contributed by atoms with E-state index in [2.05, 4.69) is 0 Å². The van der Waals surface area contributed by atoms with E-state index in [1.54, 1.807) is 30.3 Å². The Kier molecular flexibility index (Phi) is 5.27. The molecule has 5 nitrogen and oxygen atoms in total. The fourth-order valence-electron chi connectivity index (χ4n) is 1.34. The van der Waals surface area contributed by atoms with Crippen molar-refractivity contribution in [3.63, 3.8) is 0 Å². The fourth-order valence-corrected chi connectivity index (χ4v) is 2.30. The van der Waals surface area contributed by atoms with Gasteiger partial charge in [-0.2, -0.15) is 8.42 Å². The second kappa shape index (κ2) is 5.48. The average Bonchev–Trinajstić information content (AvgIpc) is 2.45. The highest BCUT2D eigenvalue weighted by Crippen LogP contribution is 2.12. The standard InChI is InChI=1S/C8H14N2O3S.ClH/c1-3-4-8(14(11,12)13)10-6-5-9(2)7-10;/h5-8H,3-4H2,1-2H3;1H. The number of aryl methyl sites for hydroxylation is 1. The highest BCUT2D eigenvalue weighted by molar-refractivity contribution is 7.85. The first kappa shape index (κ1) is 14.4. The van der Waals surface area contributed by atoms with E-state index in [1.165, 1.54) is 4.57 Å². The van der Waals surface area contributed by atoms with E-state index in [4.69, 9.17) is 4.55 Å². The first-order chi connectivity index (χ1) is 6.45. The SMILES string of the molecule is CCCC([n+]1ccn(C)c1)S(=O)(=O)O.[Cl-]. The maximum Gasteiger partial charge on any atom is 0.307 e. The quantitative estimate of drug-likeness (QED) is 0.478. The van der Waals surface area contributed by atoms with Crippen molar-refractivity contribution in [3.05, 3.63) is 18.7 Å². The zero-order chi connectivity index (χ0) is 10.8. The van der Waals surface area contributed by atoms with Gasteiger partial charge >= 0.3 is 10.1 Å². The van der Waals surface area contributed by atoms with Crippen molar-refractivity contribution < 1.29 is 29.9 Å². The largest absolute Gasteiger partial charge is 1.00 e. The zero-order valence-corrected chi connectivity index (χ0v) is 10.2. The molecule has 7 heteroatoms. The van der Waals surface area contributed by atoms with Crippen LogP contribution in [-0.2, 0) is 17.2 Å². The second-order valence-electron chi connectivity index (χ2n) is 3.28. The minimum Gasteiger partial charge on any atom is -1.00 e. The normalized spacial score (nSPS) is 13.3. The van der Waals surface area contributed by atoms with Gasteiger partial charge < -0.3 is 12.4 Å². The molecule has 0 fully saturated rings. The monoisotopic (exact) mass is 254 g/mol. The van der Waals surface area contributed by atoms with E-state index in [0.29, 0.717) is 12.8 Å². The molecule has 0 aliphatic carbocycles. The summed E-state index contributed by atoms with van der Waals surface area (Å²) >= 11 is 0. The number of hydrogen-bond acceptors (Lipinski definition) is 2. The van der Waals surface area contributed by atoms with Crippen molar-refractivity contribution in [1.82, 2.24) is 4.57 Å². The summed E-state index contributed by atoms with van der Waals surface area (Å²) in [6, 6.07) is 0. The van der Waals surface area contributed by atoms with Gasteiger partial charge in [-0.25, -0.2) is 9.13 Å². The second-order valence-corrected chi connectivity index (χ2v) is 4.86. The number of halogens is 1. The number of nitrogens with zero attached hydrogens (tertiary/aromatic N) is 2. The van der Waals surface area contributed by atoms with Crippen LogP contribution in [0.25, 0.3) is 0 Å². The van der Waals surface area contributed by atoms with Crippen molar-refractivity contribution in [3.8, 4) is 0 Å². The summed E-state index contributed by atoms with van der Waals surface area (Å²) in [5.41, 5.74) is 0. The molecule has 0 spiro atoms. The van der Waals surface area contributed by atoms with E-state index in [-0.39, 0.29) is 12.4 Å². The molecular weight excluding hydrogens is 240 g/mol. The van der Waals surface area contributed by atoms with Crippen LogP contribution in [0, 0.1) is 0 Å². The van der Waals surface area contributed by atoms with Gasteiger partial charge in [-0.05, 0) is 0 Å². The van der Waals surface area contributed by atoms with Crippen molar-refractivity contribution in [2.75, 3.05) is 0 Å². The Balaban J connectivity index is 0.00000196. The van der Waals surface area contributed by atoms with E-state index in [9.17, 15) is 8.42 Å². The molecule has 0 aliphatic heterocycles. The Bertz CT molecular complexity index is 402. The average molecular weight is 255 g/mol. The van der Waals surface area contributed by atoms with E-state index in [0.717, 1.165) is 0 Å². The van der Waals surface area contributed by atoms with Crippen LogP contribution in [-0.4, -0.2) is 17.5 Å². The molecule has 0 bridgehead atoms. The lowest BCUT2D eigenvalue weighted by molar-refractivity contribution is -0.702. The predicted octanol–water partition coefficient (Wildman–Crippen LogP) is -2.50. The third kappa shape index (κ3) is 3.81. The molecule has 1 heterocycles. The molecule has 0 amide bonds. The van der Waals surface area contributed by atoms with Crippen molar-refractivity contribution in [2.45, 2.75) is 25.1 Å². The van der Waals surface area contributed by atoms with Gasteiger partial charge in [-0.3, -0.25) is 4.55 Å². The number of rotatable bonds is 4. The van der Waals surface area contributed by atoms with Crippen molar-refractivity contribution in [2.24, 2.45) is 7.05 Å². The van der Waals surface area contributed by atoms with Gasteiger partial charge in [-0.15, -0.1) is 0 Å². The number of aromatic nitrogens is 2. The van der Waals surface area contributed by atoms with Gasteiger partial charge in [0.1, 0.15) is 12.4 Å². The van der Waals surface area contributed by atoms with Gasteiger partial charge in [0.05, 0.1) is 7.05 Å². The third-order valence-electron chi connectivity index (χ3n) is 2.00. The minimum atomic E-state index is -4.02. The summed E-state index contributed by atoms with van der Waals surface area (Å²) in [6.45, 7) is 1.88. The van der Waals surface area contributed by atoms with Crippen LogP contribution in [0.5, 0.6) is 0 Å². The molecule has 0 aliphatic rings. The zero-order valence-electron chi connectivity index (χ0n) is 8.67. The molecule has 1 aromatic heterocycles. The molecule has 1 atom stereocenters. The van der Waals surface area contributed by atoms with E-state index >= 15 is 0 Å². The topological polar surface area (TPSA) is 63.2 Å². The van der Waals surface area contributed by atoms with Gasteiger partial charge in [0.2, 0.25) is 11.7 Å². The predicted molar refractivity (Wildman–Crippen MR) is 51.1 cm³/mol. The molecule has 1 aromatic rings. The van der Waals surface area contributed by atoms with Crippen LogP contribution in [0.3, 0.4) is 0 Å². The van der Waals surface area contributed by atoms with Crippen molar-refractivity contribution in [1.29, 1.82) is 0 Å². The molecular formula is C8H15ClN2O3S. The Morgan fingerprint density at radius 3 is 2.47 bits per heavy atom. The summed E-state index contributed by atoms with van der Waals surface area (Å²) in [4.78, 5) is 0. The van der Waals surface area contributed by atoms with Crippen LogP contribution in [0.2, 0.25) is 0 Å². The highest BCUT2D eigenvalue weighted by atomic mass is 35.5. The minimum absolute atomic E-state index is 0. The van der Waals surface area contributed by atoms with Crippen LogP contribution < -0.4 is 17.0 Å². The van der Waals surface area contributed by atoms with Gasteiger partial charge in [0.15, 0.2) is 0 Å². The smallest absolute Gasteiger partial charge is 0.307 e. The lowest BCUT2D eigenvalue weighted by atomic mass is 10.3. The summed E-state index contributed by atoms with van der Waals surface area (Å²) in [7, 11) is -2.22. The first-order valence-electron chi connectivity index (χ1n) is 4.44. The van der Waals surface area contributed by atoms with Crippen LogP contribution in [0.1, 0.15) is 25.1 Å². The Morgan fingerprint density at radius 2 is 2.13 bits per heavy atom. The van der Waals surface area contributed by atoms with Crippen LogP contribution in [0.4, 0.5) is 0 Å². The lowest BCUT2D eigenvalue weighted by Crippen LogP contribution is -3.00. The van der Waals surface area contributed by atoms with Gasteiger partial charge in [0.25, 0.3) is 0 Å². The third-order valence-corrected chi connectivity index (χ3v) is 3.17. The van der Waals surface area contributed by atoms with Crippen LogP contribution >= 0.6 is 0 Å². The molecule has 88 valence electrons. The number of imidazole rings is 1. The molecule has 0 aromatic carbocycles. The molecule has 15 heavy (non-hydrogen) atoms. The lowest BCUT2D eigenvalue weighted by Gasteiger charge is -2.08. The molecule has 1 rings (SSSR count). The molecule has 1 unspecified atom stereocenters. The Labute approximate surface area is 95.9 Å².